The van der Waals surface area contributed by atoms with Crippen molar-refractivity contribution in [1.82, 2.24) is 14.7 Å². The molecule has 1 aromatic rings. The van der Waals surface area contributed by atoms with Crippen molar-refractivity contribution in [2.24, 2.45) is 0 Å². The van der Waals surface area contributed by atoms with E-state index >= 15 is 0 Å². The molecule has 1 fully saturated rings. The van der Waals surface area contributed by atoms with E-state index in [-0.39, 0.29) is 23.7 Å². The third-order valence-corrected chi connectivity index (χ3v) is 4.37. The maximum Gasteiger partial charge on any atom is 0.254 e. The summed E-state index contributed by atoms with van der Waals surface area (Å²) in [7, 11) is 3.48. The summed E-state index contributed by atoms with van der Waals surface area (Å²) >= 11 is 0. The molecule has 1 aliphatic heterocycles. The van der Waals surface area contributed by atoms with Crippen LogP contribution in [0.25, 0.3) is 0 Å². The summed E-state index contributed by atoms with van der Waals surface area (Å²) in [5.74, 6) is -0.458. The van der Waals surface area contributed by atoms with Crippen molar-refractivity contribution in [2.75, 3.05) is 40.3 Å². The first-order valence-electron chi connectivity index (χ1n) is 7.82. The molecule has 0 aromatic heterocycles. The van der Waals surface area contributed by atoms with Gasteiger partial charge >= 0.3 is 0 Å². The van der Waals surface area contributed by atoms with Crippen LogP contribution >= 0.6 is 0 Å². The molecule has 0 N–H and O–H groups in total. The number of hydrogen-bond donors (Lipinski definition) is 0. The van der Waals surface area contributed by atoms with E-state index in [1.165, 1.54) is 6.07 Å². The molecule has 1 atom stereocenters. The summed E-state index contributed by atoms with van der Waals surface area (Å²) in [6.45, 7) is 5.92. The molecule has 0 radical (unpaired) electrons. The zero-order valence-electron chi connectivity index (χ0n) is 14.2. The van der Waals surface area contributed by atoms with Gasteiger partial charge in [-0.2, -0.15) is 0 Å². The van der Waals surface area contributed by atoms with Gasteiger partial charge in [-0.1, -0.05) is 6.07 Å². The SMILES string of the molecule is Cc1ccc(C(=O)N2CCN(C(C)C(=O)N(C)C)CC2)cc1F. The Bertz CT molecular complexity index is 596. The Labute approximate surface area is 136 Å². The third-order valence-electron chi connectivity index (χ3n) is 4.37. The smallest absolute Gasteiger partial charge is 0.254 e. The highest BCUT2D eigenvalue weighted by atomic mass is 19.1. The number of amides is 2. The fourth-order valence-corrected chi connectivity index (χ4v) is 2.75. The lowest BCUT2D eigenvalue weighted by molar-refractivity contribution is -0.134. The summed E-state index contributed by atoms with van der Waals surface area (Å²) in [5, 5.41) is 0. The minimum atomic E-state index is -0.361. The van der Waals surface area contributed by atoms with E-state index in [9.17, 15) is 14.0 Å². The molecule has 0 saturated carbocycles. The summed E-state index contributed by atoms with van der Waals surface area (Å²) in [6, 6.07) is 4.38. The molecular weight excluding hydrogens is 297 g/mol. The number of carbonyl (C=O) groups is 2. The summed E-state index contributed by atoms with van der Waals surface area (Å²) in [4.78, 5) is 29.8. The summed E-state index contributed by atoms with van der Waals surface area (Å²) in [6.07, 6.45) is 0. The normalized spacial score (nSPS) is 17.0. The lowest BCUT2D eigenvalue weighted by atomic mass is 10.1. The van der Waals surface area contributed by atoms with Crippen LogP contribution in [-0.2, 0) is 4.79 Å². The Balaban J connectivity index is 1.97. The second-order valence-corrected chi connectivity index (χ2v) is 6.20. The predicted octanol–water partition coefficient (Wildman–Crippen LogP) is 1.37. The van der Waals surface area contributed by atoms with Gasteiger partial charge in [-0.3, -0.25) is 14.5 Å². The van der Waals surface area contributed by atoms with Crippen molar-refractivity contribution >= 4 is 11.8 Å². The molecule has 2 amide bonds. The molecule has 1 saturated heterocycles. The molecule has 126 valence electrons. The van der Waals surface area contributed by atoms with Gasteiger partial charge < -0.3 is 9.80 Å². The maximum absolute atomic E-state index is 13.6. The van der Waals surface area contributed by atoms with Crippen LogP contribution in [0.5, 0.6) is 0 Å². The Hall–Kier alpha value is -1.95. The molecule has 0 aliphatic carbocycles. The number of halogens is 1. The van der Waals surface area contributed by atoms with Gasteiger partial charge in [0.15, 0.2) is 0 Å². The number of carbonyl (C=O) groups excluding carboxylic acids is 2. The molecule has 1 heterocycles. The van der Waals surface area contributed by atoms with E-state index in [1.807, 2.05) is 6.92 Å². The quantitative estimate of drug-likeness (QED) is 0.844. The highest BCUT2D eigenvalue weighted by molar-refractivity contribution is 5.94. The first-order chi connectivity index (χ1) is 10.8. The van der Waals surface area contributed by atoms with E-state index in [0.717, 1.165) is 0 Å². The summed E-state index contributed by atoms with van der Waals surface area (Å²) in [5.41, 5.74) is 0.904. The average molecular weight is 321 g/mol. The van der Waals surface area contributed by atoms with E-state index in [0.29, 0.717) is 37.3 Å². The molecule has 1 aliphatic rings. The largest absolute Gasteiger partial charge is 0.347 e. The van der Waals surface area contributed by atoms with Gasteiger partial charge in [-0.15, -0.1) is 0 Å². The highest BCUT2D eigenvalue weighted by Gasteiger charge is 2.28. The Morgan fingerprint density at radius 3 is 2.30 bits per heavy atom. The van der Waals surface area contributed by atoms with Gasteiger partial charge in [0.25, 0.3) is 5.91 Å². The number of aryl methyl sites for hydroxylation is 1. The summed E-state index contributed by atoms with van der Waals surface area (Å²) < 4.78 is 13.6. The minimum absolute atomic E-state index is 0.0605. The zero-order chi connectivity index (χ0) is 17.1. The molecule has 2 rings (SSSR count). The Morgan fingerprint density at radius 2 is 1.78 bits per heavy atom. The molecule has 5 nitrogen and oxygen atoms in total. The first-order valence-corrected chi connectivity index (χ1v) is 7.82. The fraction of sp³-hybridized carbons (Fsp3) is 0.529. The van der Waals surface area contributed by atoms with Crippen LogP contribution < -0.4 is 0 Å². The first kappa shape index (κ1) is 17.4. The van der Waals surface area contributed by atoms with E-state index < -0.39 is 0 Å². The van der Waals surface area contributed by atoms with Crippen LogP contribution in [0.2, 0.25) is 0 Å². The van der Waals surface area contributed by atoms with Crippen LogP contribution in [0.4, 0.5) is 4.39 Å². The Kier molecular flexibility index (Phi) is 5.36. The topological polar surface area (TPSA) is 43.9 Å². The molecule has 0 bridgehead atoms. The van der Waals surface area contributed by atoms with E-state index in [1.54, 1.807) is 43.0 Å². The monoisotopic (exact) mass is 321 g/mol. The standard InChI is InChI=1S/C17H24FN3O2/c1-12-5-6-14(11-15(12)18)17(23)21-9-7-20(8-10-21)13(2)16(22)19(3)4/h5-6,11,13H,7-10H2,1-4H3. The number of hydrogen-bond acceptors (Lipinski definition) is 3. The molecule has 6 heteroatoms. The van der Waals surface area contributed by atoms with E-state index in [2.05, 4.69) is 4.90 Å². The van der Waals surface area contributed by atoms with Gasteiger partial charge in [-0.05, 0) is 31.5 Å². The lowest BCUT2D eigenvalue weighted by Crippen LogP contribution is -2.54. The molecule has 23 heavy (non-hydrogen) atoms. The van der Waals surface area contributed by atoms with Crippen molar-refractivity contribution in [3.8, 4) is 0 Å². The van der Waals surface area contributed by atoms with Crippen molar-refractivity contribution in [3.05, 3.63) is 35.1 Å². The second kappa shape index (κ2) is 7.08. The molecule has 1 unspecified atom stereocenters. The van der Waals surface area contributed by atoms with Gasteiger partial charge in [0.05, 0.1) is 6.04 Å². The van der Waals surface area contributed by atoms with Crippen LogP contribution in [0.15, 0.2) is 18.2 Å². The van der Waals surface area contributed by atoms with Gasteiger partial charge in [0.2, 0.25) is 5.91 Å². The number of piperazine rings is 1. The molecule has 0 spiro atoms. The molecular formula is C17H24FN3O2. The number of nitrogens with zero attached hydrogens (tertiary/aromatic N) is 3. The lowest BCUT2D eigenvalue weighted by Gasteiger charge is -2.38. The number of rotatable bonds is 3. The van der Waals surface area contributed by atoms with Crippen molar-refractivity contribution in [2.45, 2.75) is 19.9 Å². The second-order valence-electron chi connectivity index (χ2n) is 6.20. The van der Waals surface area contributed by atoms with Crippen molar-refractivity contribution in [3.63, 3.8) is 0 Å². The van der Waals surface area contributed by atoms with Gasteiger partial charge in [-0.25, -0.2) is 4.39 Å². The number of benzene rings is 1. The average Bonchev–Trinajstić information content (AvgIpc) is 2.55. The van der Waals surface area contributed by atoms with E-state index in [4.69, 9.17) is 0 Å². The van der Waals surface area contributed by atoms with Crippen LogP contribution in [0.3, 0.4) is 0 Å². The fourth-order valence-electron chi connectivity index (χ4n) is 2.75. The maximum atomic E-state index is 13.6. The minimum Gasteiger partial charge on any atom is -0.347 e. The predicted molar refractivity (Wildman–Crippen MR) is 86.8 cm³/mol. The van der Waals surface area contributed by atoms with Crippen molar-refractivity contribution < 1.29 is 14.0 Å². The van der Waals surface area contributed by atoms with Crippen molar-refractivity contribution in [1.29, 1.82) is 0 Å². The zero-order valence-corrected chi connectivity index (χ0v) is 14.2. The van der Waals surface area contributed by atoms with Gasteiger partial charge in [0, 0.05) is 45.8 Å². The molecule has 1 aromatic carbocycles. The van der Waals surface area contributed by atoms with Crippen LogP contribution in [0.1, 0.15) is 22.8 Å². The Morgan fingerprint density at radius 1 is 1.17 bits per heavy atom. The highest BCUT2D eigenvalue weighted by Crippen LogP contribution is 2.14. The van der Waals surface area contributed by atoms with Crippen LogP contribution in [-0.4, -0.2) is 72.8 Å². The number of likely N-dealkylation sites (N-methyl/N-ethyl adjacent to an activating group) is 1. The van der Waals surface area contributed by atoms with Gasteiger partial charge in [0.1, 0.15) is 5.82 Å². The van der Waals surface area contributed by atoms with Crippen LogP contribution in [0, 0.1) is 12.7 Å². The third kappa shape index (κ3) is 3.88.